The number of fused-ring (bicyclic) bond motifs is 19. The zero-order valence-electron chi connectivity index (χ0n) is 26.6. The minimum Gasteiger partial charge on any atom is -0.463 e. The molecular formula is C32H54O13. The predicted molar refractivity (Wildman–Crippen MR) is 160 cm³/mol. The molecule has 13 heteroatoms. The fourth-order valence-corrected chi connectivity index (χ4v) is 5.82. The maximum atomic E-state index is 12.7. The standard InChI is InChI=1S/C32H54O13/c1-20-16-14-12-10-8-6-4-3-5-7-9-11-13-15-17-24(35)44-29-23(19-40-21(2)34)43-31(28(39)27(29)38)45-30-26(37)25(36)22(18-33)42-32(30)41-20/h3-4,20,22-23,25-33,36-39H,5-19H2,1-2H3/b4-3-/t20?,22-,23-,25-,26+,27-,28-,29-,30-,31+,32-/m1/s1. The second kappa shape index (κ2) is 19.9. The first-order valence-corrected chi connectivity index (χ1v) is 16.5. The quantitative estimate of drug-likeness (QED) is 0.221. The van der Waals surface area contributed by atoms with Gasteiger partial charge in [0.2, 0.25) is 0 Å². The molecule has 0 aromatic heterocycles. The minimum atomic E-state index is -1.76. The summed E-state index contributed by atoms with van der Waals surface area (Å²) < 4.78 is 34.2. The molecule has 0 radical (unpaired) electrons. The van der Waals surface area contributed by atoms with E-state index in [1.54, 1.807) is 0 Å². The lowest BCUT2D eigenvalue weighted by atomic mass is 9.97. The van der Waals surface area contributed by atoms with Crippen molar-refractivity contribution in [1.29, 1.82) is 0 Å². The summed E-state index contributed by atoms with van der Waals surface area (Å²) in [6, 6.07) is 0. The largest absolute Gasteiger partial charge is 0.463 e. The summed E-state index contributed by atoms with van der Waals surface area (Å²) in [6.45, 7) is 2.02. The molecule has 4 aliphatic heterocycles. The summed E-state index contributed by atoms with van der Waals surface area (Å²) in [5.41, 5.74) is 0. The normalized spacial score (nSPS) is 39.7. The number of allylic oxidation sites excluding steroid dienone is 2. The number of ether oxygens (including phenoxy) is 6. The first kappa shape index (κ1) is 37.8. The molecule has 13 nitrogen and oxygen atoms in total. The van der Waals surface area contributed by atoms with Crippen LogP contribution in [-0.4, -0.2) is 118 Å². The van der Waals surface area contributed by atoms with Crippen molar-refractivity contribution < 1.29 is 63.5 Å². The van der Waals surface area contributed by atoms with Gasteiger partial charge in [-0.05, 0) is 45.4 Å². The summed E-state index contributed by atoms with van der Waals surface area (Å²) in [4.78, 5) is 24.3. The molecule has 4 aliphatic rings. The molecule has 2 fully saturated rings. The Morgan fingerprint density at radius 3 is 2.02 bits per heavy atom. The zero-order chi connectivity index (χ0) is 32.8. The van der Waals surface area contributed by atoms with E-state index in [9.17, 15) is 35.1 Å². The van der Waals surface area contributed by atoms with Gasteiger partial charge in [-0.15, -0.1) is 0 Å². The van der Waals surface area contributed by atoms with Crippen LogP contribution >= 0.6 is 0 Å². The number of aliphatic hydroxyl groups excluding tert-OH is 5. The number of hydrogen-bond acceptors (Lipinski definition) is 13. The third kappa shape index (κ3) is 12.1. The lowest BCUT2D eigenvalue weighted by Crippen LogP contribution is -2.65. The number of aliphatic hydroxyl groups is 5. The van der Waals surface area contributed by atoms with Crippen molar-refractivity contribution in [1.82, 2.24) is 0 Å². The molecule has 0 aliphatic carbocycles. The van der Waals surface area contributed by atoms with Crippen molar-refractivity contribution in [2.75, 3.05) is 13.2 Å². The third-order valence-corrected chi connectivity index (χ3v) is 8.49. The Kier molecular flexibility index (Phi) is 16.7. The fourth-order valence-electron chi connectivity index (χ4n) is 5.82. The molecule has 260 valence electrons. The van der Waals surface area contributed by atoms with Crippen molar-refractivity contribution in [2.45, 2.75) is 165 Å². The topological polar surface area (TPSA) is 191 Å². The van der Waals surface area contributed by atoms with Gasteiger partial charge in [0.1, 0.15) is 49.3 Å². The molecular weight excluding hydrogens is 592 g/mol. The van der Waals surface area contributed by atoms with Gasteiger partial charge in [0.15, 0.2) is 18.7 Å². The van der Waals surface area contributed by atoms with Gasteiger partial charge < -0.3 is 54.0 Å². The molecule has 0 saturated carbocycles. The molecule has 4 heterocycles. The maximum Gasteiger partial charge on any atom is 0.306 e. The molecule has 11 atom stereocenters. The van der Waals surface area contributed by atoms with Crippen molar-refractivity contribution in [2.24, 2.45) is 0 Å². The highest BCUT2D eigenvalue weighted by Crippen LogP contribution is 2.32. The van der Waals surface area contributed by atoms with Gasteiger partial charge in [-0.1, -0.05) is 50.7 Å². The fraction of sp³-hybridized carbons (Fsp3) is 0.875. The molecule has 0 amide bonds. The van der Waals surface area contributed by atoms with E-state index in [2.05, 4.69) is 12.2 Å². The van der Waals surface area contributed by atoms with Crippen LogP contribution in [0, 0.1) is 0 Å². The molecule has 5 N–H and O–H groups in total. The Morgan fingerprint density at radius 2 is 1.36 bits per heavy atom. The van der Waals surface area contributed by atoms with Crippen LogP contribution in [-0.2, 0) is 38.0 Å². The minimum absolute atomic E-state index is 0.103. The number of hydrogen-bond donors (Lipinski definition) is 5. The predicted octanol–water partition coefficient (Wildman–Crippen LogP) is 1.78. The monoisotopic (exact) mass is 646 g/mol. The average Bonchev–Trinajstić information content (AvgIpc) is 3.00. The van der Waals surface area contributed by atoms with Crippen LogP contribution in [0.3, 0.4) is 0 Å². The van der Waals surface area contributed by atoms with E-state index < -0.39 is 86.6 Å². The smallest absolute Gasteiger partial charge is 0.306 e. The summed E-state index contributed by atoms with van der Waals surface area (Å²) in [5.74, 6) is -1.23. The first-order valence-electron chi connectivity index (χ1n) is 16.5. The average molecular weight is 647 g/mol. The van der Waals surface area contributed by atoms with Gasteiger partial charge in [0.05, 0.1) is 12.7 Å². The summed E-state index contributed by atoms with van der Waals surface area (Å²) >= 11 is 0. The van der Waals surface area contributed by atoms with E-state index in [-0.39, 0.29) is 12.5 Å². The van der Waals surface area contributed by atoms with E-state index in [0.717, 1.165) is 64.2 Å². The van der Waals surface area contributed by atoms with Crippen LogP contribution in [0.5, 0.6) is 0 Å². The molecule has 2 bridgehead atoms. The Labute approximate surface area is 265 Å². The van der Waals surface area contributed by atoms with Crippen LogP contribution in [0.25, 0.3) is 0 Å². The van der Waals surface area contributed by atoms with Gasteiger partial charge >= 0.3 is 11.9 Å². The van der Waals surface area contributed by atoms with Crippen molar-refractivity contribution in [3.8, 4) is 0 Å². The molecule has 0 aromatic carbocycles. The third-order valence-electron chi connectivity index (χ3n) is 8.49. The van der Waals surface area contributed by atoms with Gasteiger partial charge in [-0.25, -0.2) is 0 Å². The SMILES string of the molecule is CC(=O)OC[C@H]1O[C@H]2O[C@H]3[C@H](OC(C)CCCCCC/C=C\CCCCCCCC(=O)O[C@H]1[C@H](O)[C@H]2O)O[C@H](CO)[C@@H](O)[C@@H]3O. The van der Waals surface area contributed by atoms with E-state index >= 15 is 0 Å². The highest BCUT2D eigenvalue weighted by atomic mass is 16.8. The summed E-state index contributed by atoms with van der Waals surface area (Å²) in [6.07, 6.45) is 0.954. The molecule has 0 spiro atoms. The number of carbonyl (C=O) groups excluding carboxylic acids is 2. The van der Waals surface area contributed by atoms with Gasteiger partial charge in [0.25, 0.3) is 0 Å². The molecule has 0 aromatic rings. The number of esters is 2. The number of rotatable bonds is 3. The van der Waals surface area contributed by atoms with Crippen molar-refractivity contribution >= 4 is 11.9 Å². The van der Waals surface area contributed by atoms with E-state index in [4.69, 9.17) is 28.4 Å². The molecule has 4 rings (SSSR count). The van der Waals surface area contributed by atoms with Crippen LogP contribution in [0.15, 0.2) is 12.2 Å². The lowest BCUT2D eigenvalue weighted by Gasteiger charge is -2.46. The van der Waals surface area contributed by atoms with Gasteiger partial charge in [0, 0.05) is 13.3 Å². The Morgan fingerprint density at radius 1 is 0.756 bits per heavy atom. The first-order chi connectivity index (χ1) is 21.6. The van der Waals surface area contributed by atoms with Crippen LogP contribution < -0.4 is 0 Å². The van der Waals surface area contributed by atoms with E-state index in [1.807, 2.05) is 6.92 Å². The highest BCUT2D eigenvalue weighted by Gasteiger charge is 2.52. The van der Waals surface area contributed by atoms with Crippen LogP contribution in [0.4, 0.5) is 0 Å². The van der Waals surface area contributed by atoms with Crippen molar-refractivity contribution in [3.05, 3.63) is 12.2 Å². The van der Waals surface area contributed by atoms with E-state index in [1.165, 1.54) is 6.92 Å². The second-order valence-corrected chi connectivity index (χ2v) is 12.3. The number of carbonyl (C=O) groups is 2. The summed E-state index contributed by atoms with van der Waals surface area (Å²) in [7, 11) is 0. The van der Waals surface area contributed by atoms with Gasteiger partial charge in [-0.3, -0.25) is 9.59 Å². The molecule has 1 unspecified atom stereocenters. The zero-order valence-corrected chi connectivity index (χ0v) is 26.6. The second-order valence-electron chi connectivity index (χ2n) is 12.3. The Bertz CT molecular complexity index is 900. The molecule has 45 heavy (non-hydrogen) atoms. The summed E-state index contributed by atoms with van der Waals surface area (Å²) in [5, 5.41) is 53.3. The Balaban J connectivity index is 1.78. The van der Waals surface area contributed by atoms with Gasteiger partial charge in [-0.2, -0.15) is 0 Å². The molecule has 2 saturated heterocycles. The maximum absolute atomic E-state index is 12.7. The van der Waals surface area contributed by atoms with E-state index in [0.29, 0.717) is 12.8 Å². The van der Waals surface area contributed by atoms with Crippen LogP contribution in [0.2, 0.25) is 0 Å². The highest BCUT2D eigenvalue weighted by molar-refractivity contribution is 5.69. The Hall–Kier alpha value is -1.68. The van der Waals surface area contributed by atoms with Crippen LogP contribution in [0.1, 0.15) is 97.3 Å². The lowest BCUT2D eigenvalue weighted by molar-refractivity contribution is -0.371. The van der Waals surface area contributed by atoms with Crippen molar-refractivity contribution in [3.63, 3.8) is 0 Å².